The Morgan fingerprint density at radius 3 is 2.71 bits per heavy atom. The number of aromatic nitrogens is 3. The average molecular weight is 256 g/mol. The Morgan fingerprint density at radius 2 is 2.12 bits per heavy atom. The second kappa shape index (κ2) is 4.70. The van der Waals surface area contributed by atoms with Gasteiger partial charge in [-0.3, -0.25) is 4.57 Å². The Balaban J connectivity index is 2.10. The smallest absolute Gasteiger partial charge is 0.222 e. The largest absolute Gasteiger partial charge is 0.368 e. The molecule has 0 saturated carbocycles. The lowest BCUT2D eigenvalue weighted by atomic mass is 10.2. The van der Waals surface area contributed by atoms with Gasteiger partial charge in [0.25, 0.3) is 0 Å². The van der Waals surface area contributed by atoms with Crippen molar-refractivity contribution in [3.05, 3.63) is 35.4 Å². The van der Waals surface area contributed by atoms with Crippen molar-refractivity contribution in [3.63, 3.8) is 0 Å². The van der Waals surface area contributed by atoms with Crippen LogP contribution in [-0.4, -0.2) is 14.8 Å². The highest BCUT2D eigenvalue weighted by Crippen LogP contribution is 2.23. The van der Waals surface area contributed by atoms with Crippen LogP contribution in [0, 0.1) is 11.6 Å². The summed E-state index contributed by atoms with van der Waals surface area (Å²) >= 11 is 1.29. The summed E-state index contributed by atoms with van der Waals surface area (Å²) in [5, 5.41) is 8.10. The summed E-state index contributed by atoms with van der Waals surface area (Å²) in [5.74, 6) is -0.503. The van der Waals surface area contributed by atoms with Gasteiger partial charge in [-0.15, -0.1) is 10.2 Å². The van der Waals surface area contributed by atoms with E-state index in [9.17, 15) is 8.78 Å². The summed E-state index contributed by atoms with van der Waals surface area (Å²) in [6, 6.07) is 3.50. The number of anilines is 1. The fourth-order valence-corrected chi connectivity index (χ4v) is 2.14. The van der Waals surface area contributed by atoms with Gasteiger partial charge in [0.15, 0.2) is 5.16 Å². The predicted octanol–water partition coefficient (Wildman–Crippen LogP) is 1.97. The van der Waals surface area contributed by atoms with E-state index in [1.807, 2.05) is 0 Å². The molecule has 0 saturated heterocycles. The quantitative estimate of drug-likeness (QED) is 0.853. The molecular formula is C10H10F2N4S. The lowest BCUT2D eigenvalue weighted by Gasteiger charge is -2.03. The molecule has 0 radical (unpaired) electrons. The molecule has 0 atom stereocenters. The van der Waals surface area contributed by atoms with Crippen molar-refractivity contribution in [3.8, 4) is 0 Å². The number of hydrogen-bond acceptors (Lipinski definition) is 4. The molecule has 0 fully saturated rings. The van der Waals surface area contributed by atoms with E-state index in [1.165, 1.54) is 23.9 Å². The summed E-state index contributed by atoms with van der Waals surface area (Å²) in [6.45, 7) is 0. The van der Waals surface area contributed by atoms with Crippen molar-refractivity contribution < 1.29 is 8.78 Å². The van der Waals surface area contributed by atoms with Gasteiger partial charge in [0.05, 0.1) is 0 Å². The molecule has 1 aromatic heterocycles. The lowest BCUT2D eigenvalue weighted by Crippen LogP contribution is -1.98. The first kappa shape index (κ1) is 11.8. The SMILES string of the molecule is Cn1c(N)nnc1SCc1ccc(F)cc1F. The highest BCUT2D eigenvalue weighted by atomic mass is 32.2. The van der Waals surface area contributed by atoms with Gasteiger partial charge in [-0.25, -0.2) is 8.78 Å². The van der Waals surface area contributed by atoms with Crippen molar-refractivity contribution in [2.75, 3.05) is 5.73 Å². The summed E-state index contributed by atoms with van der Waals surface area (Å²) in [7, 11) is 1.72. The van der Waals surface area contributed by atoms with E-state index in [4.69, 9.17) is 5.73 Å². The Kier molecular flexibility index (Phi) is 3.28. The Hall–Kier alpha value is -1.63. The van der Waals surface area contributed by atoms with E-state index < -0.39 is 11.6 Å². The van der Waals surface area contributed by atoms with Gasteiger partial charge in [-0.05, 0) is 11.6 Å². The molecule has 0 amide bonds. The third-order valence-corrected chi connectivity index (χ3v) is 3.31. The van der Waals surface area contributed by atoms with E-state index >= 15 is 0 Å². The van der Waals surface area contributed by atoms with Crippen molar-refractivity contribution >= 4 is 17.7 Å². The van der Waals surface area contributed by atoms with Crippen molar-refractivity contribution in [1.29, 1.82) is 0 Å². The molecule has 0 aliphatic rings. The molecule has 1 heterocycles. The van der Waals surface area contributed by atoms with Gasteiger partial charge in [0.2, 0.25) is 5.95 Å². The Labute approximate surface area is 101 Å². The Morgan fingerprint density at radius 1 is 1.35 bits per heavy atom. The minimum Gasteiger partial charge on any atom is -0.368 e. The van der Waals surface area contributed by atoms with Crippen LogP contribution in [-0.2, 0) is 12.8 Å². The molecule has 17 heavy (non-hydrogen) atoms. The second-order valence-corrected chi connectivity index (χ2v) is 4.37. The van der Waals surface area contributed by atoms with Crippen LogP contribution in [0.2, 0.25) is 0 Å². The second-order valence-electron chi connectivity index (χ2n) is 3.42. The van der Waals surface area contributed by atoms with Gasteiger partial charge in [-0.1, -0.05) is 17.8 Å². The van der Waals surface area contributed by atoms with Crippen molar-refractivity contribution in [1.82, 2.24) is 14.8 Å². The highest BCUT2D eigenvalue weighted by Gasteiger charge is 2.09. The molecule has 2 aromatic rings. The molecule has 0 spiro atoms. The zero-order chi connectivity index (χ0) is 12.4. The predicted molar refractivity (Wildman–Crippen MR) is 61.3 cm³/mol. The maximum absolute atomic E-state index is 13.3. The summed E-state index contributed by atoms with van der Waals surface area (Å²) < 4.78 is 27.6. The van der Waals surface area contributed by atoms with Crippen LogP contribution in [0.5, 0.6) is 0 Å². The summed E-state index contributed by atoms with van der Waals surface area (Å²) in [6.07, 6.45) is 0. The van der Waals surface area contributed by atoms with E-state index in [0.29, 0.717) is 22.4 Å². The molecule has 1 aromatic carbocycles. The van der Waals surface area contributed by atoms with Crippen LogP contribution in [0.4, 0.5) is 14.7 Å². The molecule has 0 aliphatic heterocycles. The lowest BCUT2D eigenvalue weighted by molar-refractivity contribution is 0.576. The molecule has 0 bridgehead atoms. The topological polar surface area (TPSA) is 56.7 Å². The van der Waals surface area contributed by atoms with Gasteiger partial charge in [0, 0.05) is 18.9 Å². The zero-order valence-corrected chi connectivity index (χ0v) is 9.84. The van der Waals surface area contributed by atoms with Crippen molar-refractivity contribution in [2.45, 2.75) is 10.9 Å². The number of benzene rings is 1. The Bertz CT molecular complexity index is 541. The molecule has 0 unspecified atom stereocenters. The van der Waals surface area contributed by atoms with E-state index in [1.54, 1.807) is 11.6 Å². The fourth-order valence-electron chi connectivity index (χ4n) is 1.23. The van der Waals surface area contributed by atoms with Crippen LogP contribution >= 0.6 is 11.8 Å². The first-order valence-electron chi connectivity index (χ1n) is 4.79. The molecule has 90 valence electrons. The molecule has 0 aliphatic carbocycles. The number of halogens is 2. The summed E-state index contributed by atoms with van der Waals surface area (Å²) in [4.78, 5) is 0. The van der Waals surface area contributed by atoms with E-state index in [2.05, 4.69) is 10.2 Å². The molecule has 7 heteroatoms. The van der Waals surface area contributed by atoms with Gasteiger partial charge in [0.1, 0.15) is 11.6 Å². The first-order valence-corrected chi connectivity index (χ1v) is 5.78. The summed E-state index contributed by atoms with van der Waals surface area (Å²) in [5.41, 5.74) is 5.93. The number of nitrogens with two attached hydrogens (primary N) is 1. The van der Waals surface area contributed by atoms with Gasteiger partial charge >= 0.3 is 0 Å². The third kappa shape index (κ3) is 2.55. The van der Waals surface area contributed by atoms with Crippen LogP contribution in [0.3, 0.4) is 0 Å². The van der Waals surface area contributed by atoms with Crippen LogP contribution in [0.25, 0.3) is 0 Å². The van der Waals surface area contributed by atoms with E-state index in [0.717, 1.165) is 6.07 Å². The maximum atomic E-state index is 13.3. The molecule has 2 rings (SSSR count). The maximum Gasteiger partial charge on any atom is 0.222 e. The number of thioether (sulfide) groups is 1. The number of hydrogen-bond donors (Lipinski definition) is 1. The highest BCUT2D eigenvalue weighted by molar-refractivity contribution is 7.98. The average Bonchev–Trinajstić information content (AvgIpc) is 2.59. The normalized spacial score (nSPS) is 10.8. The number of rotatable bonds is 3. The fraction of sp³-hybridized carbons (Fsp3) is 0.200. The minimum atomic E-state index is -0.584. The van der Waals surface area contributed by atoms with Crippen LogP contribution in [0.1, 0.15) is 5.56 Å². The van der Waals surface area contributed by atoms with Crippen LogP contribution < -0.4 is 5.73 Å². The first-order chi connectivity index (χ1) is 8.08. The third-order valence-electron chi connectivity index (χ3n) is 2.24. The van der Waals surface area contributed by atoms with Crippen molar-refractivity contribution in [2.24, 2.45) is 7.05 Å². The number of nitrogens with zero attached hydrogens (tertiary/aromatic N) is 3. The standard InChI is InChI=1S/C10H10F2N4S/c1-16-9(13)14-15-10(16)17-5-6-2-3-7(11)4-8(6)12/h2-4H,5H2,1H3,(H2,13,14). The van der Waals surface area contributed by atoms with Crippen LogP contribution in [0.15, 0.2) is 23.4 Å². The van der Waals surface area contributed by atoms with Gasteiger partial charge in [-0.2, -0.15) is 0 Å². The minimum absolute atomic E-state index is 0.298. The zero-order valence-electron chi connectivity index (χ0n) is 9.02. The number of nitrogen functional groups attached to an aromatic ring is 1. The molecule has 4 nitrogen and oxygen atoms in total. The molecule has 2 N–H and O–H groups in total. The monoisotopic (exact) mass is 256 g/mol. The molecular weight excluding hydrogens is 246 g/mol. The van der Waals surface area contributed by atoms with Gasteiger partial charge < -0.3 is 5.73 Å². The van der Waals surface area contributed by atoms with E-state index in [-0.39, 0.29) is 0 Å².